The molecule has 24 heavy (non-hydrogen) atoms. The van der Waals surface area contributed by atoms with Gasteiger partial charge in [-0.05, 0) is 42.3 Å². The highest BCUT2D eigenvalue weighted by Gasteiger charge is 2.30. The van der Waals surface area contributed by atoms with Crippen LogP contribution < -0.4 is 11.1 Å². The summed E-state index contributed by atoms with van der Waals surface area (Å²) in [5, 5.41) is 2.55. The van der Waals surface area contributed by atoms with E-state index in [9.17, 15) is 22.8 Å². The van der Waals surface area contributed by atoms with Gasteiger partial charge < -0.3 is 11.1 Å². The number of hydrogen-bond donors (Lipinski definition) is 2. The van der Waals surface area contributed by atoms with Crippen molar-refractivity contribution in [2.75, 3.05) is 6.54 Å². The Kier molecular flexibility index (Phi) is 5.23. The molecule has 0 fully saturated rings. The molecule has 0 bridgehead atoms. The van der Waals surface area contributed by atoms with Crippen molar-refractivity contribution < 1.29 is 22.8 Å². The Morgan fingerprint density at radius 2 is 1.67 bits per heavy atom. The van der Waals surface area contributed by atoms with Crippen molar-refractivity contribution in [3.63, 3.8) is 0 Å². The molecule has 126 valence electrons. The van der Waals surface area contributed by atoms with Gasteiger partial charge in [-0.15, -0.1) is 0 Å². The van der Waals surface area contributed by atoms with Gasteiger partial charge in [-0.2, -0.15) is 13.2 Å². The first kappa shape index (κ1) is 17.5. The van der Waals surface area contributed by atoms with Gasteiger partial charge in [-0.3, -0.25) is 9.59 Å². The van der Waals surface area contributed by atoms with Crippen LogP contribution in [0, 0.1) is 0 Å². The van der Waals surface area contributed by atoms with Gasteiger partial charge in [-0.25, -0.2) is 0 Å². The van der Waals surface area contributed by atoms with Crippen LogP contribution in [0.1, 0.15) is 31.8 Å². The van der Waals surface area contributed by atoms with E-state index in [1.54, 1.807) is 24.3 Å². The molecule has 2 amide bonds. The fourth-order valence-corrected chi connectivity index (χ4v) is 2.14. The number of nitrogens with one attached hydrogen (secondary N) is 1. The fourth-order valence-electron chi connectivity index (χ4n) is 2.14. The second kappa shape index (κ2) is 7.16. The van der Waals surface area contributed by atoms with Crippen LogP contribution in [0.4, 0.5) is 13.2 Å². The molecule has 0 atom stereocenters. The molecule has 0 aliphatic carbocycles. The van der Waals surface area contributed by atoms with Crippen LogP contribution in [0.25, 0.3) is 0 Å². The number of hydrogen-bond acceptors (Lipinski definition) is 2. The Bertz CT molecular complexity index is 757. The zero-order chi connectivity index (χ0) is 17.7. The third-order valence-corrected chi connectivity index (χ3v) is 3.36. The van der Waals surface area contributed by atoms with Crippen LogP contribution in [0.2, 0.25) is 0 Å². The van der Waals surface area contributed by atoms with Crippen LogP contribution in [0.5, 0.6) is 0 Å². The van der Waals surface area contributed by atoms with Crippen LogP contribution >= 0.6 is 0 Å². The molecular weight excluding hydrogens is 321 g/mol. The quantitative estimate of drug-likeness (QED) is 0.881. The molecule has 0 aliphatic heterocycles. The zero-order valence-electron chi connectivity index (χ0n) is 12.6. The molecule has 0 saturated carbocycles. The summed E-state index contributed by atoms with van der Waals surface area (Å²) in [6, 6.07) is 10.8. The summed E-state index contributed by atoms with van der Waals surface area (Å²) < 4.78 is 37.9. The van der Waals surface area contributed by atoms with E-state index in [0.717, 1.165) is 17.7 Å². The normalized spacial score (nSPS) is 11.1. The molecule has 0 unspecified atom stereocenters. The van der Waals surface area contributed by atoms with Crippen molar-refractivity contribution in [2.24, 2.45) is 5.73 Å². The Labute approximate surface area is 136 Å². The maximum atomic E-state index is 12.6. The molecule has 2 aromatic rings. The zero-order valence-corrected chi connectivity index (χ0v) is 12.6. The molecule has 0 heterocycles. The standard InChI is InChI=1S/C17H15F3N2O2/c18-17(19,20)14-6-2-5-13(10-14)16(24)22-8-7-11-3-1-4-12(9-11)15(21)23/h1-6,9-10H,7-8H2,(H2,21,23)(H,22,24). The van der Waals surface area contributed by atoms with Crippen molar-refractivity contribution in [2.45, 2.75) is 12.6 Å². The first-order chi connectivity index (χ1) is 11.3. The van der Waals surface area contributed by atoms with Gasteiger partial charge in [-0.1, -0.05) is 18.2 Å². The smallest absolute Gasteiger partial charge is 0.366 e. The second-order valence-corrected chi connectivity index (χ2v) is 5.15. The monoisotopic (exact) mass is 336 g/mol. The number of halogens is 3. The van der Waals surface area contributed by atoms with Gasteiger partial charge in [0.2, 0.25) is 5.91 Å². The van der Waals surface area contributed by atoms with E-state index in [2.05, 4.69) is 5.32 Å². The molecular formula is C17H15F3N2O2. The predicted octanol–water partition coefficient (Wildman–Crippen LogP) is 2.78. The number of benzene rings is 2. The Hall–Kier alpha value is -2.83. The lowest BCUT2D eigenvalue weighted by atomic mass is 10.1. The van der Waals surface area contributed by atoms with Gasteiger partial charge in [0.05, 0.1) is 5.56 Å². The van der Waals surface area contributed by atoms with Crippen molar-refractivity contribution in [3.05, 3.63) is 70.8 Å². The van der Waals surface area contributed by atoms with Crippen molar-refractivity contribution in [1.29, 1.82) is 0 Å². The second-order valence-electron chi connectivity index (χ2n) is 5.15. The third-order valence-electron chi connectivity index (χ3n) is 3.36. The third kappa shape index (κ3) is 4.58. The van der Waals surface area contributed by atoms with Crippen molar-refractivity contribution in [3.8, 4) is 0 Å². The Balaban J connectivity index is 1.96. The highest BCUT2D eigenvalue weighted by molar-refractivity contribution is 5.94. The highest BCUT2D eigenvalue weighted by atomic mass is 19.4. The summed E-state index contributed by atoms with van der Waals surface area (Å²) in [5.74, 6) is -1.14. The van der Waals surface area contributed by atoms with Crippen LogP contribution in [-0.2, 0) is 12.6 Å². The first-order valence-electron chi connectivity index (χ1n) is 7.11. The molecule has 0 spiro atoms. The molecule has 2 rings (SSSR count). The van der Waals surface area contributed by atoms with Crippen LogP contribution in [0.3, 0.4) is 0 Å². The van der Waals surface area contributed by atoms with E-state index >= 15 is 0 Å². The average molecular weight is 336 g/mol. The van der Waals surface area contributed by atoms with Crippen molar-refractivity contribution >= 4 is 11.8 Å². The number of primary amides is 1. The number of nitrogens with two attached hydrogens (primary N) is 1. The Morgan fingerprint density at radius 1 is 1.00 bits per heavy atom. The average Bonchev–Trinajstić information content (AvgIpc) is 2.54. The van der Waals surface area contributed by atoms with E-state index in [1.165, 1.54) is 12.1 Å². The van der Waals surface area contributed by atoms with Gasteiger partial charge in [0, 0.05) is 17.7 Å². The summed E-state index contributed by atoms with van der Waals surface area (Å²) in [5.41, 5.74) is 5.40. The lowest BCUT2D eigenvalue weighted by molar-refractivity contribution is -0.137. The largest absolute Gasteiger partial charge is 0.416 e. The lowest BCUT2D eigenvalue weighted by Gasteiger charge is -2.09. The summed E-state index contributed by atoms with van der Waals surface area (Å²) in [6.07, 6.45) is -4.07. The molecule has 0 radical (unpaired) electrons. The van der Waals surface area contributed by atoms with Crippen LogP contribution in [-0.4, -0.2) is 18.4 Å². The minimum Gasteiger partial charge on any atom is -0.366 e. The maximum Gasteiger partial charge on any atom is 0.416 e. The minimum atomic E-state index is -4.49. The van der Waals surface area contributed by atoms with E-state index in [0.29, 0.717) is 12.0 Å². The molecule has 3 N–H and O–H groups in total. The van der Waals surface area contributed by atoms with Gasteiger partial charge in [0.25, 0.3) is 5.91 Å². The minimum absolute atomic E-state index is 0.0595. The number of carbonyl (C=O) groups excluding carboxylic acids is 2. The van der Waals surface area contributed by atoms with Crippen molar-refractivity contribution in [1.82, 2.24) is 5.32 Å². The number of amides is 2. The molecule has 0 saturated heterocycles. The van der Waals surface area contributed by atoms with Gasteiger partial charge in [0.15, 0.2) is 0 Å². The Morgan fingerprint density at radius 3 is 2.33 bits per heavy atom. The molecule has 0 aromatic heterocycles. The summed E-state index contributed by atoms with van der Waals surface area (Å²) in [7, 11) is 0. The maximum absolute atomic E-state index is 12.6. The number of rotatable bonds is 5. The summed E-state index contributed by atoms with van der Waals surface area (Å²) in [6.45, 7) is 0.220. The topological polar surface area (TPSA) is 72.2 Å². The van der Waals surface area contributed by atoms with Gasteiger partial charge in [0.1, 0.15) is 0 Å². The van der Waals surface area contributed by atoms with E-state index in [4.69, 9.17) is 5.73 Å². The molecule has 4 nitrogen and oxygen atoms in total. The summed E-state index contributed by atoms with van der Waals surface area (Å²) in [4.78, 5) is 23.0. The van der Waals surface area contributed by atoms with E-state index in [-0.39, 0.29) is 12.1 Å². The van der Waals surface area contributed by atoms with Gasteiger partial charge >= 0.3 is 6.18 Å². The van der Waals surface area contributed by atoms with E-state index < -0.39 is 23.6 Å². The molecule has 2 aromatic carbocycles. The van der Waals surface area contributed by atoms with E-state index in [1.807, 2.05) is 0 Å². The summed E-state index contributed by atoms with van der Waals surface area (Å²) >= 11 is 0. The predicted molar refractivity (Wildman–Crippen MR) is 82.4 cm³/mol. The fraction of sp³-hybridized carbons (Fsp3) is 0.176. The number of carbonyl (C=O) groups is 2. The SMILES string of the molecule is NC(=O)c1cccc(CCNC(=O)c2cccc(C(F)(F)F)c2)c1. The first-order valence-corrected chi connectivity index (χ1v) is 7.11. The number of alkyl halides is 3. The molecule has 0 aliphatic rings. The molecule has 7 heteroatoms. The van der Waals surface area contributed by atoms with Crippen LogP contribution in [0.15, 0.2) is 48.5 Å². The lowest BCUT2D eigenvalue weighted by Crippen LogP contribution is -2.26. The highest BCUT2D eigenvalue weighted by Crippen LogP contribution is 2.29.